The predicted octanol–water partition coefficient (Wildman–Crippen LogP) is 5.24. The SMILES string of the molecule is C[C@@H](Oc1ccc(-c2nc3ccccc3s2)cc1)C(=O)Nc1ccccc1C#N. The average Bonchev–Trinajstić information content (AvgIpc) is 3.19. The maximum atomic E-state index is 12.4. The summed E-state index contributed by atoms with van der Waals surface area (Å²) in [6.45, 7) is 1.67. The van der Waals surface area contributed by atoms with E-state index < -0.39 is 6.10 Å². The normalized spacial score (nSPS) is 11.6. The summed E-state index contributed by atoms with van der Waals surface area (Å²) in [4.78, 5) is 17.1. The lowest BCUT2D eigenvalue weighted by Crippen LogP contribution is -2.30. The molecule has 142 valence electrons. The molecule has 5 nitrogen and oxygen atoms in total. The van der Waals surface area contributed by atoms with Gasteiger partial charge in [-0.1, -0.05) is 24.3 Å². The number of fused-ring (bicyclic) bond motifs is 1. The van der Waals surface area contributed by atoms with Crippen LogP contribution in [-0.2, 0) is 4.79 Å². The highest BCUT2D eigenvalue weighted by Crippen LogP contribution is 2.31. The summed E-state index contributed by atoms with van der Waals surface area (Å²) in [5.41, 5.74) is 2.87. The molecule has 0 spiro atoms. The number of carbonyl (C=O) groups excluding carboxylic acids is 1. The van der Waals surface area contributed by atoms with Crippen LogP contribution in [0.4, 0.5) is 5.69 Å². The molecular weight excluding hydrogens is 382 g/mol. The van der Waals surface area contributed by atoms with Crippen LogP contribution in [-0.4, -0.2) is 17.0 Å². The topological polar surface area (TPSA) is 75.0 Å². The van der Waals surface area contributed by atoms with Crippen molar-refractivity contribution in [2.45, 2.75) is 13.0 Å². The van der Waals surface area contributed by atoms with Gasteiger partial charge in [0.2, 0.25) is 0 Å². The zero-order chi connectivity index (χ0) is 20.2. The molecule has 1 atom stereocenters. The van der Waals surface area contributed by atoms with Gasteiger partial charge in [-0.15, -0.1) is 11.3 Å². The Hall–Kier alpha value is -3.69. The van der Waals surface area contributed by atoms with E-state index >= 15 is 0 Å². The minimum Gasteiger partial charge on any atom is -0.481 e. The van der Waals surface area contributed by atoms with Gasteiger partial charge >= 0.3 is 0 Å². The van der Waals surface area contributed by atoms with E-state index in [0.29, 0.717) is 17.0 Å². The minimum atomic E-state index is -0.713. The van der Waals surface area contributed by atoms with E-state index in [1.165, 1.54) is 0 Å². The van der Waals surface area contributed by atoms with Crippen molar-refractivity contribution in [1.29, 1.82) is 5.26 Å². The standard InChI is InChI=1S/C23H17N3O2S/c1-15(22(27)25-19-7-3-2-6-17(19)14-24)28-18-12-10-16(11-13-18)23-26-20-8-4-5-9-21(20)29-23/h2-13,15H,1H3,(H,25,27)/t15-/m1/s1. The maximum Gasteiger partial charge on any atom is 0.265 e. The summed E-state index contributed by atoms with van der Waals surface area (Å²) in [6.07, 6.45) is -0.713. The molecule has 0 saturated heterocycles. The highest BCUT2D eigenvalue weighted by Gasteiger charge is 2.16. The highest BCUT2D eigenvalue weighted by molar-refractivity contribution is 7.21. The van der Waals surface area contributed by atoms with Crippen LogP contribution in [0.2, 0.25) is 0 Å². The van der Waals surface area contributed by atoms with Crippen LogP contribution in [0.3, 0.4) is 0 Å². The van der Waals surface area contributed by atoms with Crippen molar-refractivity contribution < 1.29 is 9.53 Å². The summed E-state index contributed by atoms with van der Waals surface area (Å²) in [5.74, 6) is 0.272. The molecule has 29 heavy (non-hydrogen) atoms. The molecule has 1 amide bonds. The van der Waals surface area contributed by atoms with Crippen LogP contribution in [0.5, 0.6) is 5.75 Å². The van der Waals surface area contributed by atoms with Gasteiger partial charge in [0.15, 0.2) is 6.10 Å². The summed E-state index contributed by atoms with van der Waals surface area (Å²) < 4.78 is 6.90. The van der Waals surface area contributed by atoms with Crippen LogP contribution >= 0.6 is 11.3 Å². The Morgan fingerprint density at radius 3 is 2.55 bits per heavy atom. The molecule has 0 aliphatic carbocycles. The van der Waals surface area contributed by atoms with Gasteiger partial charge in [-0.05, 0) is 55.5 Å². The van der Waals surface area contributed by atoms with Crippen molar-refractivity contribution in [3.63, 3.8) is 0 Å². The van der Waals surface area contributed by atoms with E-state index in [4.69, 9.17) is 10.00 Å². The lowest BCUT2D eigenvalue weighted by Gasteiger charge is -2.15. The molecule has 0 unspecified atom stereocenters. The van der Waals surface area contributed by atoms with Crippen LogP contribution in [0, 0.1) is 11.3 Å². The molecule has 0 saturated carbocycles. The smallest absolute Gasteiger partial charge is 0.265 e. The number of anilines is 1. The third-order valence-corrected chi connectivity index (χ3v) is 5.47. The largest absolute Gasteiger partial charge is 0.481 e. The van der Waals surface area contributed by atoms with Crippen molar-refractivity contribution in [3.05, 3.63) is 78.4 Å². The number of nitrogens with one attached hydrogen (secondary N) is 1. The Morgan fingerprint density at radius 1 is 1.07 bits per heavy atom. The first-order valence-electron chi connectivity index (χ1n) is 9.07. The van der Waals surface area contributed by atoms with Crippen molar-refractivity contribution >= 4 is 33.1 Å². The maximum absolute atomic E-state index is 12.4. The third-order valence-electron chi connectivity index (χ3n) is 4.38. The second-order valence-electron chi connectivity index (χ2n) is 6.42. The lowest BCUT2D eigenvalue weighted by molar-refractivity contribution is -0.122. The quantitative estimate of drug-likeness (QED) is 0.498. The molecule has 3 aromatic carbocycles. The first kappa shape index (κ1) is 18.7. The molecule has 1 N–H and O–H groups in total. The van der Waals surface area contributed by atoms with Crippen molar-refractivity contribution in [3.8, 4) is 22.4 Å². The van der Waals surface area contributed by atoms with Crippen LogP contribution in [0.1, 0.15) is 12.5 Å². The van der Waals surface area contributed by atoms with E-state index in [2.05, 4.69) is 22.4 Å². The van der Waals surface area contributed by atoms with Gasteiger partial charge < -0.3 is 10.1 Å². The van der Waals surface area contributed by atoms with Crippen LogP contribution < -0.4 is 10.1 Å². The fourth-order valence-corrected chi connectivity index (χ4v) is 3.82. The van der Waals surface area contributed by atoms with Gasteiger partial charge in [0.05, 0.1) is 21.5 Å². The predicted molar refractivity (Wildman–Crippen MR) is 115 cm³/mol. The second-order valence-corrected chi connectivity index (χ2v) is 7.45. The van der Waals surface area contributed by atoms with Gasteiger partial charge in [-0.25, -0.2) is 4.98 Å². The fraction of sp³-hybridized carbons (Fsp3) is 0.0870. The Kier molecular flexibility index (Phi) is 5.23. The van der Waals surface area contributed by atoms with Crippen molar-refractivity contribution in [2.24, 2.45) is 0 Å². The van der Waals surface area contributed by atoms with E-state index in [1.807, 2.05) is 42.5 Å². The lowest BCUT2D eigenvalue weighted by atomic mass is 10.2. The molecule has 0 fully saturated rings. The minimum absolute atomic E-state index is 0.317. The molecule has 1 aromatic heterocycles. The van der Waals surface area contributed by atoms with Crippen LogP contribution in [0.15, 0.2) is 72.8 Å². The fourth-order valence-electron chi connectivity index (χ4n) is 2.85. The second kappa shape index (κ2) is 8.13. The van der Waals surface area contributed by atoms with Crippen molar-refractivity contribution in [2.75, 3.05) is 5.32 Å². The zero-order valence-corrected chi connectivity index (χ0v) is 16.4. The molecule has 1 heterocycles. The van der Waals surface area contributed by atoms with Gasteiger partial charge in [0.25, 0.3) is 5.91 Å². The number of benzene rings is 3. The number of hydrogen-bond donors (Lipinski definition) is 1. The molecule has 0 bridgehead atoms. The molecule has 0 aliphatic heterocycles. The number of aromatic nitrogens is 1. The number of thiazole rings is 1. The van der Waals surface area contributed by atoms with E-state index in [9.17, 15) is 4.79 Å². The number of amides is 1. The van der Waals surface area contributed by atoms with E-state index in [-0.39, 0.29) is 5.91 Å². The number of nitrogens with zero attached hydrogens (tertiary/aromatic N) is 2. The van der Waals surface area contributed by atoms with E-state index in [0.717, 1.165) is 20.8 Å². The Balaban J connectivity index is 1.44. The molecular formula is C23H17N3O2S. The summed E-state index contributed by atoms with van der Waals surface area (Å²) >= 11 is 1.64. The molecule has 4 aromatic rings. The highest BCUT2D eigenvalue weighted by atomic mass is 32.1. The Morgan fingerprint density at radius 2 is 1.79 bits per heavy atom. The summed E-state index contributed by atoms with van der Waals surface area (Å²) in [6, 6.07) is 24.5. The molecule has 0 aliphatic rings. The first-order chi connectivity index (χ1) is 14.1. The van der Waals surface area contributed by atoms with E-state index in [1.54, 1.807) is 42.5 Å². The van der Waals surface area contributed by atoms with Gasteiger partial charge in [0, 0.05) is 5.56 Å². The Bertz CT molecular complexity index is 1180. The third kappa shape index (κ3) is 4.10. The molecule has 4 rings (SSSR count). The first-order valence-corrected chi connectivity index (χ1v) is 9.88. The van der Waals surface area contributed by atoms with Crippen molar-refractivity contribution in [1.82, 2.24) is 4.98 Å². The van der Waals surface area contributed by atoms with Gasteiger partial charge in [-0.2, -0.15) is 5.26 Å². The number of ether oxygens (including phenoxy) is 1. The number of para-hydroxylation sites is 2. The average molecular weight is 399 g/mol. The monoisotopic (exact) mass is 399 g/mol. The zero-order valence-electron chi connectivity index (χ0n) is 15.6. The number of hydrogen-bond acceptors (Lipinski definition) is 5. The van der Waals surface area contributed by atoms with Gasteiger partial charge in [-0.3, -0.25) is 4.79 Å². The van der Waals surface area contributed by atoms with Gasteiger partial charge in [0.1, 0.15) is 16.8 Å². The number of rotatable bonds is 5. The molecule has 0 radical (unpaired) electrons. The molecule has 6 heteroatoms. The van der Waals surface area contributed by atoms with Crippen LogP contribution in [0.25, 0.3) is 20.8 Å². The summed E-state index contributed by atoms with van der Waals surface area (Å²) in [7, 11) is 0. The summed E-state index contributed by atoms with van der Waals surface area (Å²) in [5, 5.41) is 12.8. The number of carbonyl (C=O) groups is 1. The Labute approximate surface area is 172 Å². The number of nitriles is 1.